The van der Waals surface area contributed by atoms with Crippen LogP contribution >= 0.6 is 0 Å². The van der Waals surface area contributed by atoms with Gasteiger partial charge in [-0.15, -0.1) is 0 Å². The Kier molecular flexibility index (Phi) is 3.97. The second kappa shape index (κ2) is 6.98. The highest BCUT2D eigenvalue weighted by Crippen LogP contribution is 2.43. The Labute approximate surface area is 184 Å². The third-order valence-electron chi connectivity index (χ3n) is 5.48. The van der Waals surface area contributed by atoms with Crippen LogP contribution in [-0.4, -0.2) is 22.9 Å². The van der Waals surface area contributed by atoms with E-state index in [-0.39, 0.29) is 5.95 Å². The van der Waals surface area contributed by atoms with Crippen LogP contribution in [0.2, 0.25) is 0 Å². The van der Waals surface area contributed by atoms with Gasteiger partial charge >= 0.3 is 0 Å². The second-order valence-corrected chi connectivity index (χ2v) is 7.54. The maximum atomic E-state index is 6.25. The molecule has 2 aliphatic heterocycles. The summed E-state index contributed by atoms with van der Waals surface area (Å²) in [5.41, 5.74) is 17.5. The first-order valence-electron chi connectivity index (χ1n) is 10.2. The number of hydrogen-bond acceptors (Lipinski definition) is 8. The molecule has 0 saturated heterocycles. The highest BCUT2D eigenvalue weighted by atomic mass is 16.5. The van der Waals surface area contributed by atoms with Gasteiger partial charge in [0.15, 0.2) is 11.6 Å². The summed E-state index contributed by atoms with van der Waals surface area (Å²) in [6.07, 6.45) is 0. The quantitative estimate of drug-likeness (QED) is 0.444. The molecule has 0 saturated carbocycles. The average molecular weight is 421 g/mol. The minimum Gasteiger partial charge on any atom is -0.454 e. The molecule has 8 nitrogen and oxygen atoms in total. The van der Waals surface area contributed by atoms with Crippen LogP contribution in [0.25, 0.3) is 11.3 Å². The van der Waals surface area contributed by atoms with Crippen LogP contribution < -0.4 is 26.2 Å². The smallest absolute Gasteiger partial charge is 0.222 e. The van der Waals surface area contributed by atoms with Crippen LogP contribution in [0, 0.1) is 0 Å². The Hall–Kier alpha value is -4.59. The molecule has 0 unspecified atom stereocenters. The van der Waals surface area contributed by atoms with Crippen molar-refractivity contribution in [3.63, 3.8) is 0 Å². The van der Waals surface area contributed by atoms with E-state index in [0.29, 0.717) is 23.0 Å². The molecule has 4 N–H and O–H groups in total. The van der Waals surface area contributed by atoms with Crippen molar-refractivity contribution < 1.29 is 4.74 Å². The van der Waals surface area contributed by atoms with E-state index in [1.165, 1.54) is 0 Å². The average Bonchev–Trinajstić information content (AvgIpc) is 3.14. The molecular formula is C24H19N7O. The van der Waals surface area contributed by atoms with Crippen molar-refractivity contribution in [2.24, 2.45) is 4.99 Å². The number of amidine groups is 1. The van der Waals surface area contributed by atoms with E-state index in [1.807, 2.05) is 84.7 Å². The van der Waals surface area contributed by atoms with Gasteiger partial charge in [-0.05, 0) is 36.4 Å². The Morgan fingerprint density at radius 1 is 0.875 bits per heavy atom. The van der Waals surface area contributed by atoms with E-state index < -0.39 is 0 Å². The van der Waals surface area contributed by atoms with Gasteiger partial charge in [-0.25, -0.2) is 9.98 Å². The molecule has 8 heteroatoms. The van der Waals surface area contributed by atoms with Gasteiger partial charge in [0.2, 0.25) is 5.95 Å². The van der Waals surface area contributed by atoms with E-state index in [0.717, 1.165) is 34.0 Å². The SMILES string of the molecule is CN(c1ccccc1)c1cc(-c2cc3c4c(c2)Oc2ccccc2N=C4NN3)nc(N)n1. The van der Waals surface area contributed by atoms with Gasteiger partial charge in [0, 0.05) is 24.4 Å². The number of hydrogen-bond donors (Lipinski definition) is 3. The summed E-state index contributed by atoms with van der Waals surface area (Å²) >= 11 is 0. The molecule has 0 fully saturated rings. The molecule has 4 aromatic rings. The number of nitrogen functional groups attached to an aromatic ring is 1. The first-order chi connectivity index (χ1) is 15.7. The summed E-state index contributed by atoms with van der Waals surface area (Å²) in [5.74, 6) is 3.00. The highest BCUT2D eigenvalue weighted by Gasteiger charge is 2.27. The summed E-state index contributed by atoms with van der Waals surface area (Å²) in [6.45, 7) is 0. The Morgan fingerprint density at radius 3 is 2.56 bits per heavy atom. The number of ether oxygens (including phenoxy) is 1. The zero-order valence-electron chi connectivity index (χ0n) is 17.2. The molecule has 32 heavy (non-hydrogen) atoms. The highest BCUT2D eigenvalue weighted by molar-refractivity contribution is 6.12. The zero-order chi connectivity index (χ0) is 21.7. The van der Waals surface area contributed by atoms with Crippen LogP contribution in [0.15, 0.2) is 77.8 Å². The molecule has 3 aromatic carbocycles. The topological polar surface area (TPSA) is 101 Å². The van der Waals surface area contributed by atoms with Crippen molar-refractivity contribution in [1.82, 2.24) is 15.4 Å². The van der Waals surface area contributed by atoms with Crippen molar-refractivity contribution in [1.29, 1.82) is 0 Å². The number of rotatable bonds is 3. The molecule has 0 aliphatic carbocycles. The summed E-state index contributed by atoms with van der Waals surface area (Å²) in [6, 6.07) is 23.5. The minimum atomic E-state index is 0.200. The number of nitrogens with one attached hydrogen (secondary N) is 2. The first kappa shape index (κ1) is 18.2. The summed E-state index contributed by atoms with van der Waals surface area (Å²) < 4.78 is 6.25. The molecule has 2 aliphatic rings. The monoisotopic (exact) mass is 421 g/mol. The number of hydrazine groups is 1. The number of benzene rings is 3. The molecule has 156 valence electrons. The minimum absolute atomic E-state index is 0.200. The van der Waals surface area contributed by atoms with Crippen LogP contribution in [0.3, 0.4) is 0 Å². The van der Waals surface area contributed by atoms with Crippen LogP contribution in [0.5, 0.6) is 11.5 Å². The fourth-order valence-corrected chi connectivity index (χ4v) is 3.89. The van der Waals surface area contributed by atoms with E-state index >= 15 is 0 Å². The number of aromatic nitrogens is 2. The number of aliphatic imine (C=N–C) groups is 1. The summed E-state index contributed by atoms with van der Waals surface area (Å²) in [5, 5.41) is 0. The van der Waals surface area contributed by atoms with Crippen LogP contribution in [-0.2, 0) is 0 Å². The molecule has 0 atom stereocenters. The lowest BCUT2D eigenvalue weighted by Gasteiger charge is -2.19. The van der Waals surface area contributed by atoms with Crippen LogP contribution in [0.4, 0.5) is 28.8 Å². The number of anilines is 4. The van der Waals surface area contributed by atoms with Crippen molar-refractivity contribution in [2.75, 3.05) is 23.1 Å². The van der Waals surface area contributed by atoms with Crippen molar-refractivity contribution in [2.45, 2.75) is 0 Å². The summed E-state index contributed by atoms with van der Waals surface area (Å²) in [4.78, 5) is 15.6. The Bertz CT molecular complexity index is 1380. The van der Waals surface area contributed by atoms with E-state index in [9.17, 15) is 0 Å². The van der Waals surface area contributed by atoms with E-state index in [4.69, 9.17) is 15.5 Å². The molecule has 0 bridgehead atoms. The third-order valence-corrected chi connectivity index (χ3v) is 5.48. The van der Waals surface area contributed by atoms with Gasteiger partial charge in [-0.1, -0.05) is 30.3 Å². The maximum Gasteiger partial charge on any atom is 0.222 e. The maximum absolute atomic E-state index is 6.25. The number of nitrogens with two attached hydrogens (primary N) is 1. The number of para-hydroxylation sites is 3. The van der Waals surface area contributed by atoms with E-state index in [2.05, 4.69) is 20.8 Å². The lowest BCUT2D eigenvalue weighted by atomic mass is 10.0. The predicted molar refractivity (Wildman–Crippen MR) is 126 cm³/mol. The lowest BCUT2D eigenvalue weighted by Crippen LogP contribution is -2.20. The van der Waals surface area contributed by atoms with Crippen LogP contribution in [0.1, 0.15) is 5.56 Å². The van der Waals surface area contributed by atoms with Crippen molar-refractivity contribution in [3.05, 3.63) is 78.4 Å². The van der Waals surface area contributed by atoms with Gasteiger partial charge in [0.1, 0.15) is 17.3 Å². The molecular weight excluding hydrogens is 402 g/mol. The fraction of sp³-hybridized carbons (Fsp3) is 0.0417. The van der Waals surface area contributed by atoms with Gasteiger partial charge in [-0.3, -0.25) is 10.9 Å². The Morgan fingerprint density at radius 2 is 1.69 bits per heavy atom. The second-order valence-electron chi connectivity index (χ2n) is 7.54. The lowest BCUT2D eigenvalue weighted by molar-refractivity contribution is 0.485. The molecule has 0 spiro atoms. The fourth-order valence-electron chi connectivity index (χ4n) is 3.89. The zero-order valence-corrected chi connectivity index (χ0v) is 17.2. The largest absolute Gasteiger partial charge is 0.454 e. The van der Waals surface area contributed by atoms with Crippen molar-refractivity contribution in [3.8, 4) is 22.8 Å². The molecule has 6 rings (SSSR count). The van der Waals surface area contributed by atoms with Gasteiger partial charge in [-0.2, -0.15) is 4.98 Å². The molecule has 3 heterocycles. The molecule has 1 aromatic heterocycles. The summed E-state index contributed by atoms with van der Waals surface area (Å²) in [7, 11) is 1.95. The predicted octanol–water partition coefficient (Wildman–Crippen LogP) is 4.61. The first-order valence-corrected chi connectivity index (χ1v) is 10.2. The standard InChI is InChI=1S/C24H19N7O/c1-31(15-7-3-2-4-8-15)21-13-17(27-24(25)28-21)14-11-18-22-20(12-14)32-19-10-6-5-9-16(19)26-23(22)30-29-18/h2-13H,1H3,(H2,25,27,28)(H2,26,29,30). The van der Waals surface area contributed by atoms with Gasteiger partial charge in [0.25, 0.3) is 0 Å². The Balaban J connectivity index is 1.46. The number of fused-ring (bicyclic) bond motifs is 1. The van der Waals surface area contributed by atoms with Gasteiger partial charge in [0.05, 0.1) is 16.9 Å². The molecule has 0 radical (unpaired) electrons. The molecule has 0 amide bonds. The third kappa shape index (κ3) is 2.97. The van der Waals surface area contributed by atoms with Crippen molar-refractivity contribution >= 4 is 34.7 Å². The normalized spacial score (nSPS) is 13.0. The van der Waals surface area contributed by atoms with Gasteiger partial charge < -0.3 is 15.4 Å². The number of nitrogens with zero attached hydrogens (tertiary/aromatic N) is 4. The van der Waals surface area contributed by atoms with E-state index in [1.54, 1.807) is 0 Å².